The second-order valence-corrected chi connectivity index (χ2v) is 4.69. The zero-order valence-corrected chi connectivity index (χ0v) is 10.5. The lowest BCUT2D eigenvalue weighted by Crippen LogP contribution is -2.37. The van der Waals surface area contributed by atoms with Crippen LogP contribution in [0.5, 0.6) is 0 Å². The van der Waals surface area contributed by atoms with Crippen molar-refractivity contribution in [2.45, 2.75) is 25.8 Å². The van der Waals surface area contributed by atoms with E-state index in [4.69, 9.17) is 11.6 Å². The molecule has 0 N–H and O–H groups in total. The van der Waals surface area contributed by atoms with E-state index in [2.05, 4.69) is 0 Å². The van der Waals surface area contributed by atoms with Gasteiger partial charge in [-0.25, -0.2) is 4.39 Å². The standard InChI is InChI=1S/C13H15ClFNO/c1-9-4-2-6-11(12(9)15)13(17)16-7-3-5-10(16)8-14/h2,4,6,10H,3,5,7-8H2,1H3. The molecule has 0 radical (unpaired) electrons. The van der Waals surface area contributed by atoms with Gasteiger partial charge in [0, 0.05) is 18.5 Å². The molecule has 1 saturated heterocycles. The largest absolute Gasteiger partial charge is 0.334 e. The van der Waals surface area contributed by atoms with E-state index < -0.39 is 5.82 Å². The summed E-state index contributed by atoms with van der Waals surface area (Å²) in [4.78, 5) is 13.9. The minimum Gasteiger partial charge on any atom is -0.334 e. The predicted molar refractivity (Wildman–Crippen MR) is 65.9 cm³/mol. The summed E-state index contributed by atoms with van der Waals surface area (Å²) in [6, 6.07) is 4.95. The molecule has 4 heteroatoms. The van der Waals surface area contributed by atoms with Crippen LogP contribution >= 0.6 is 11.6 Å². The molecular weight excluding hydrogens is 241 g/mol. The molecule has 92 valence electrons. The number of carbonyl (C=O) groups is 1. The summed E-state index contributed by atoms with van der Waals surface area (Å²) < 4.78 is 13.9. The zero-order valence-electron chi connectivity index (χ0n) is 9.75. The van der Waals surface area contributed by atoms with Crippen molar-refractivity contribution >= 4 is 17.5 Å². The van der Waals surface area contributed by atoms with Crippen LogP contribution in [0.25, 0.3) is 0 Å². The molecule has 1 unspecified atom stereocenters. The van der Waals surface area contributed by atoms with Gasteiger partial charge in [-0.3, -0.25) is 4.79 Å². The molecule has 2 rings (SSSR count). The molecule has 0 saturated carbocycles. The molecule has 0 aromatic heterocycles. The van der Waals surface area contributed by atoms with Crippen molar-refractivity contribution in [2.75, 3.05) is 12.4 Å². The summed E-state index contributed by atoms with van der Waals surface area (Å²) in [5.41, 5.74) is 0.652. The van der Waals surface area contributed by atoms with E-state index in [0.29, 0.717) is 18.0 Å². The summed E-state index contributed by atoms with van der Waals surface area (Å²) in [6.45, 7) is 2.33. The number of likely N-dealkylation sites (tertiary alicyclic amines) is 1. The smallest absolute Gasteiger partial charge is 0.257 e. The van der Waals surface area contributed by atoms with Gasteiger partial charge in [0.1, 0.15) is 5.82 Å². The molecule has 1 aliphatic heterocycles. The highest BCUT2D eigenvalue weighted by atomic mass is 35.5. The SMILES string of the molecule is Cc1cccc(C(=O)N2CCCC2CCl)c1F. The number of nitrogens with zero attached hydrogens (tertiary/aromatic N) is 1. The number of halogens is 2. The molecule has 0 bridgehead atoms. The molecule has 0 spiro atoms. The van der Waals surface area contributed by atoms with Gasteiger partial charge in [0.25, 0.3) is 5.91 Å². The van der Waals surface area contributed by atoms with Crippen molar-refractivity contribution in [1.29, 1.82) is 0 Å². The van der Waals surface area contributed by atoms with Gasteiger partial charge in [0.2, 0.25) is 0 Å². The first kappa shape index (κ1) is 12.4. The number of amides is 1. The van der Waals surface area contributed by atoms with Crippen LogP contribution < -0.4 is 0 Å². The van der Waals surface area contributed by atoms with Gasteiger partial charge in [-0.2, -0.15) is 0 Å². The Hall–Kier alpha value is -1.09. The average molecular weight is 256 g/mol. The van der Waals surface area contributed by atoms with Gasteiger partial charge >= 0.3 is 0 Å². The minimum atomic E-state index is -0.419. The number of benzene rings is 1. The molecule has 1 aromatic carbocycles. The fourth-order valence-corrected chi connectivity index (χ4v) is 2.55. The van der Waals surface area contributed by atoms with Crippen molar-refractivity contribution in [3.05, 3.63) is 35.1 Å². The van der Waals surface area contributed by atoms with Gasteiger partial charge in [-0.1, -0.05) is 12.1 Å². The Labute approximate surface area is 105 Å². The topological polar surface area (TPSA) is 20.3 Å². The van der Waals surface area contributed by atoms with Crippen LogP contribution in [0.2, 0.25) is 0 Å². The summed E-state index contributed by atoms with van der Waals surface area (Å²) in [5.74, 6) is -0.244. The Morgan fingerprint density at radius 2 is 2.35 bits per heavy atom. The highest BCUT2D eigenvalue weighted by molar-refractivity contribution is 6.18. The molecular formula is C13H15ClFNO. The van der Waals surface area contributed by atoms with Crippen LogP contribution in [0.15, 0.2) is 18.2 Å². The maximum Gasteiger partial charge on any atom is 0.257 e. The van der Waals surface area contributed by atoms with Gasteiger partial charge < -0.3 is 4.90 Å². The van der Waals surface area contributed by atoms with Crippen LogP contribution in [-0.4, -0.2) is 29.3 Å². The monoisotopic (exact) mass is 255 g/mol. The highest BCUT2D eigenvalue weighted by Crippen LogP contribution is 2.22. The van der Waals surface area contributed by atoms with Gasteiger partial charge in [0.05, 0.1) is 5.56 Å². The van der Waals surface area contributed by atoms with Gasteiger partial charge in [-0.15, -0.1) is 11.6 Å². The molecule has 1 heterocycles. The number of aryl methyl sites for hydroxylation is 1. The first-order valence-electron chi connectivity index (χ1n) is 5.77. The lowest BCUT2D eigenvalue weighted by Gasteiger charge is -2.23. The zero-order chi connectivity index (χ0) is 12.4. The fraction of sp³-hybridized carbons (Fsp3) is 0.462. The molecule has 1 amide bonds. The Kier molecular flexibility index (Phi) is 3.67. The van der Waals surface area contributed by atoms with Crippen LogP contribution in [0.1, 0.15) is 28.8 Å². The molecule has 1 atom stereocenters. The Morgan fingerprint density at radius 3 is 3.06 bits per heavy atom. The van der Waals surface area contributed by atoms with Crippen LogP contribution in [0, 0.1) is 12.7 Å². The lowest BCUT2D eigenvalue weighted by molar-refractivity contribution is 0.0744. The average Bonchev–Trinajstić information content (AvgIpc) is 2.80. The van der Waals surface area contributed by atoms with Crippen LogP contribution in [-0.2, 0) is 0 Å². The van der Waals surface area contributed by atoms with Crippen molar-refractivity contribution < 1.29 is 9.18 Å². The van der Waals surface area contributed by atoms with Gasteiger partial charge in [-0.05, 0) is 31.4 Å². The summed E-state index contributed by atoms with van der Waals surface area (Å²) in [5, 5.41) is 0. The van der Waals surface area contributed by atoms with E-state index in [0.717, 1.165) is 12.8 Å². The second kappa shape index (κ2) is 5.05. The van der Waals surface area contributed by atoms with E-state index in [1.165, 1.54) is 6.07 Å². The number of hydrogen-bond donors (Lipinski definition) is 0. The highest BCUT2D eigenvalue weighted by Gasteiger charge is 2.30. The van der Waals surface area contributed by atoms with E-state index in [-0.39, 0.29) is 17.5 Å². The summed E-state index contributed by atoms with van der Waals surface area (Å²) >= 11 is 5.82. The minimum absolute atomic E-state index is 0.0454. The van der Waals surface area contributed by atoms with Gasteiger partial charge in [0.15, 0.2) is 0 Å². The molecule has 1 fully saturated rings. The third-order valence-electron chi connectivity index (χ3n) is 3.24. The van der Waals surface area contributed by atoms with E-state index >= 15 is 0 Å². The molecule has 1 aromatic rings. The summed E-state index contributed by atoms with van der Waals surface area (Å²) in [7, 11) is 0. The van der Waals surface area contributed by atoms with Crippen molar-refractivity contribution in [1.82, 2.24) is 4.90 Å². The van der Waals surface area contributed by atoms with Crippen LogP contribution in [0.3, 0.4) is 0 Å². The molecule has 0 aliphatic carbocycles. The number of alkyl halides is 1. The maximum absolute atomic E-state index is 13.9. The Morgan fingerprint density at radius 1 is 1.59 bits per heavy atom. The van der Waals surface area contributed by atoms with Crippen molar-refractivity contribution in [3.8, 4) is 0 Å². The Bertz CT molecular complexity index is 435. The molecule has 2 nitrogen and oxygen atoms in total. The second-order valence-electron chi connectivity index (χ2n) is 4.39. The molecule has 1 aliphatic rings. The predicted octanol–water partition coefficient (Wildman–Crippen LogP) is 2.98. The lowest BCUT2D eigenvalue weighted by atomic mass is 10.1. The van der Waals surface area contributed by atoms with Crippen LogP contribution in [0.4, 0.5) is 4.39 Å². The first-order valence-corrected chi connectivity index (χ1v) is 6.30. The van der Waals surface area contributed by atoms with E-state index in [9.17, 15) is 9.18 Å². The van der Waals surface area contributed by atoms with E-state index in [1.807, 2.05) is 0 Å². The van der Waals surface area contributed by atoms with E-state index in [1.54, 1.807) is 24.0 Å². The summed E-state index contributed by atoms with van der Waals surface area (Å²) in [6.07, 6.45) is 1.85. The quantitative estimate of drug-likeness (QED) is 0.744. The number of hydrogen-bond acceptors (Lipinski definition) is 1. The Balaban J connectivity index is 2.28. The third-order valence-corrected chi connectivity index (χ3v) is 3.59. The number of rotatable bonds is 2. The number of carbonyl (C=O) groups excluding carboxylic acids is 1. The van der Waals surface area contributed by atoms with Crippen molar-refractivity contribution in [2.24, 2.45) is 0 Å². The normalized spacial score (nSPS) is 19.7. The maximum atomic E-state index is 13.9. The fourth-order valence-electron chi connectivity index (χ4n) is 2.23. The first-order chi connectivity index (χ1) is 8.15. The molecule has 17 heavy (non-hydrogen) atoms. The van der Waals surface area contributed by atoms with Crippen molar-refractivity contribution in [3.63, 3.8) is 0 Å². The third kappa shape index (κ3) is 2.29.